The van der Waals surface area contributed by atoms with Crippen LogP contribution in [-0.2, 0) is 11.2 Å². The van der Waals surface area contributed by atoms with E-state index in [0.29, 0.717) is 12.8 Å². The zero-order chi connectivity index (χ0) is 17.4. The normalized spacial score (nSPS) is 13.1. The quantitative estimate of drug-likeness (QED) is 0.784. The molecule has 0 fully saturated rings. The minimum atomic E-state index is -0.576. The second kappa shape index (κ2) is 9.08. The van der Waals surface area contributed by atoms with Crippen LogP contribution in [0.3, 0.4) is 0 Å². The molecule has 2 aromatic rings. The highest BCUT2D eigenvalue weighted by Gasteiger charge is 2.13. The van der Waals surface area contributed by atoms with Gasteiger partial charge in [0.1, 0.15) is 5.75 Å². The summed E-state index contributed by atoms with van der Waals surface area (Å²) in [5, 5.41) is 12.8. The Morgan fingerprint density at radius 2 is 1.79 bits per heavy atom. The molecule has 0 bridgehead atoms. The van der Waals surface area contributed by atoms with Gasteiger partial charge in [-0.05, 0) is 29.2 Å². The van der Waals surface area contributed by atoms with E-state index in [1.807, 2.05) is 61.5 Å². The van der Waals surface area contributed by atoms with Crippen molar-refractivity contribution in [2.75, 3.05) is 13.7 Å². The molecular formula is C20H25NO3. The number of benzene rings is 2. The summed E-state index contributed by atoms with van der Waals surface area (Å²) in [5.41, 5.74) is 2.15. The number of carbonyl (C=O) groups excluding carboxylic acids is 1. The van der Waals surface area contributed by atoms with Gasteiger partial charge in [-0.3, -0.25) is 4.79 Å². The molecule has 0 aliphatic carbocycles. The maximum atomic E-state index is 12.1. The third-order valence-corrected chi connectivity index (χ3v) is 4.03. The van der Waals surface area contributed by atoms with Gasteiger partial charge in [-0.15, -0.1) is 0 Å². The molecule has 0 saturated carbocycles. The predicted molar refractivity (Wildman–Crippen MR) is 95.2 cm³/mol. The topological polar surface area (TPSA) is 58.6 Å². The largest absolute Gasteiger partial charge is 0.497 e. The first kappa shape index (κ1) is 18.0. The standard InChI is InChI=1S/C20H25NO3/c1-15(17-8-10-19(24-2)11-9-17)12-20(23)21-14-18(22)13-16-6-4-3-5-7-16/h3-11,15,18,22H,12-14H2,1-2H3,(H,21,23). The van der Waals surface area contributed by atoms with Gasteiger partial charge >= 0.3 is 0 Å². The van der Waals surface area contributed by atoms with Crippen LogP contribution in [-0.4, -0.2) is 30.8 Å². The lowest BCUT2D eigenvalue weighted by molar-refractivity contribution is -0.121. The lowest BCUT2D eigenvalue weighted by Crippen LogP contribution is -2.33. The lowest BCUT2D eigenvalue weighted by atomic mass is 9.97. The molecule has 4 heteroatoms. The average Bonchev–Trinajstić information content (AvgIpc) is 2.61. The number of hydrogen-bond donors (Lipinski definition) is 2. The molecule has 0 spiro atoms. The lowest BCUT2D eigenvalue weighted by Gasteiger charge is -2.15. The van der Waals surface area contributed by atoms with Crippen LogP contribution in [0.4, 0.5) is 0 Å². The van der Waals surface area contributed by atoms with Crippen LogP contribution in [0.2, 0.25) is 0 Å². The molecule has 2 N–H and O–H groups in total. The van der Waals surface area contributed by atoms with E-state index < -0.39 is 6.10 Å². The van der Waals surface area contributed by atoms with Crippen LogP contribution in [0, 0.1) is 0 Å². The van der Waals surface area contributed by atoms with Crippen LogP contribution in [0.5, 0.6) is 5.75 Å². The Balaban J connectivity index is 1.75. The maximum absolute atomic E-state index is 12.1. The van der Waals surface area contributed by atoms with Gasteiger partial charge in [-0.2, -0.15) is 0 Å². The van der Waals surface area contributed by atoms with Gasteiger partial charge < -0.3 is 15.2 Å². The number of carbonyl (C=O) groups is 1. The van der Waals surface area contributed by atoms with E-state index in [0.717, 1.165) is 16.9 Å². The molecule has 0 radical (unpaired) electrons. The van der Waals surface area contributed by atoms with E-state index in [1.165, 1.54) is 0 Å². The van der Waals surface area contributed by atoms with Crippen molar-refractivity contribution in [1.82, 2.24) is 5.32 Å². The second-order valence-electron chi connectivity index (χ2n) is 6.03. The van der Waals surface area contributed by atoms with E-state index in [2.05, 4.69) is 5.32 Å². The highest BCUT2D eigenvalue weighted by molar-refractivity contribution is 5.76. The Bertz CT molecular complexity index is 625. The van der Waals surface area contributed by atoms with Crippen LogP contribution in [0.1, 0.15) is 30.4 Å². The highest BCUT2D eigenvalue weighted by Crippen LogP contribution is 2.21. The van der Waals surface area contributed by atoms with Gasteiger partial charge in [0.15, 0.2) is 0 Å². The fourth-order valence-corrected chi connectivity index (χ4v) is 2.59. The van der Waals surface area contributed by atoms with Gasteiger partial charge in [-0.25, -0.2) is 0 Å². The number of ether oxygens (including phenoxy) is 1. The van der Waals surface area contributed by atoms with E-state index in [-0.39, 0.29) is 18.4 Å². The molecule has 0 heterocycles. The van der Waals surface area contributed by atoms with Crippen LogP contribution in [0.25, 0.3) is 0 Å². The molecule has 4 nitrogen and oxygen atoms in total. The summed E-state index contributed by atoms with van der Waals surface area (Å²) < 4.78 is 5.14. The van der Waals surface area contributed by atoms with Crippen LogP contribution in [0.15, 0.2) is 54.6 Å². The monoisotopic (exact) mass is 327 g/mol. The zero-order valence-corrected chi connectivity index (χ0v) is 14.2. The highest BCUT2D eigenvalue weighted by atomic mass is 16.5. The molecule has 2 unspecified atom stereocenters. The van der Waals surface area contributed by atoms with Gasteiger partial charge in [0.2, 0.25) is 5.91 Å². The summed E-state index contributed by atoms with van der Waals surface area (Å²) in [5.74, 6) is 0.868. The van der Waals surface area contributed by atoms with E-state index in [4.69, 9.17) is 4.74 Å². The van der Waals surface area contributed by atoms with Crippen molar-refractivity contribution in [3.63, 3.8) is 0 Å². The molecule has 2 atom stereocenters. The Morgan fingerprint density at radius 1 is 1.12 bits per heavy atom. The summed E-state index contributed by atoms with van der Waals surface area (Å²) in [6.45, 7) is 2.28. The first-order chi connectivity index (χ1) is 11.6. The molecule has 1 amide bonds. The minimum absolute atomic E-state index is 0.0505. The van der Waals surface area contributed by atoms with Crippen molar-refractivity contribution < 1.29 is 14.6 Å². The van der Waals surface area contributed by atoms with Crippen molar-refractivity contribution in [3.8, 4) is 5.75 Å². The third kappa shape index (κ3) is 5.70. The smallest absolute Gasteiger partial charge is 0.220 e. The molecule has 0 aliphatic rings. The zero-order valence-electron chi connectivity index (χ0n) is 14.2. The van der Waals surface area contributed by atoms with E-state index >= 15 is 0 Å². The number of methoxy groups -OCH3 is 1. The van der Waals surface area contributed by atoms with E-state index in [9.17, 15) is 9.90 Å². The summed E-state index contributed by atoms with van der Waals surface area (Å²) in [6, 6.07) is 17.5. The van der Waals surface area contributed by atoms with Crippen molar-refractivity contribution in [2.45, 2.75) is 31.8 Å². The number of hydrogen-bond acceptors (Lipinski definition) is 3. The average molecular weight is 327 g/mol. The van der Waals surface area contributed by atoms with Gasteiger partial charge in [0.25, 0.3) is 0 Å². The fraction of sp³-hybridized carbons (Fsp3) is 0.350. The maximum Gasteiger partial charge on any atom is 0.220 e. The third-order valence-electron chi connectivity index (χ3n) is 4.03. The Kier molecular flexibility index (Phi) is 6.82. The fourth-order valence-electron chi connectivity index (χ4n) is 2.59. The molecule has 128 valence electrons. The number of rotatable bonds is 8. The summed E-state index contributed by atoms with van der Waals surface area (Å²) >= 11 is 0. The Labute approximate surface area is 143 Å². The van der Waals surface area contributed by atoms with Gasteiger partial charge in [0, 0.05) is 19.4 Å². The van der Waals surface area contributed by atoms with Crippen LogP contribution < -0.4 is 10.1 Å². The molecule has 0 saturated heterocycles. The first-order valence-electron chi connectivity index (χ1n) is 8.21. The van der Waals surface area contributed by atoms with Crippen molar-refractivity contribution in [1.29, 1.82) is 0 Å². The number of nitrogens with one attached hydrogen (secondary N) is 1. The summed E-state index contributed by atoms with van der Waals surface area (Å²) in [4.78, 5) is 12.1. The predicted octanol–water partition coefficient (Wildman–Crippen LogP) is 2.91. The molecule has 0 aromatic heterocycles. The molecule has 2 aromatic carbocycles. The summed E-state index contributed by atoms with van der Waals surface area (Å²) in [7, 11) is 1.63. The molecule has 2 rings (SSSR count). The van der Waals surface area contributed by atoms with Crippen molar-refractivity contribution in [2.24, 2.45) is 0 Å². The first-order valence-corrected chi connectivity index (χ1v) is 8.21. The number of amides is 1. The van der Waals surface area contributed by atoms with E-state index in [1.54, 1.807) is 7.11 Å². The number of aliphatic hydroxyl groups excluding tert-OH is 1. The van der Waals surface area contributed by atoms with Gasteiger partial charge in [0.05, 0.1) is 13.2 Å². The Morgan fingerprint density at radius 3 is 2.42 bits per heavy atom. The molecular weight excluding hydrogens is 302 g/mol. The number of aliphatic hydroxyl groups is 1. The summed E-state index contributed by atoms with van der Waals surface area (Å²) in [6.07, 6.45) is 0.354. The van der Waals surface area contributed by atoms with Crippen LogP contribution >= 0.6 is 0 Å². The van der Waals surface area contributed by atoms with Crippen molar-refractivity contribution >= 4 is 5.91 Å². The van der Waals surface area contributed by atoms with Gasteiger partial charge in [-0.1, -0.05) is 49.4 Å². The Hall–Kier alpha value is -2.33. The van der Waals surface area contributed by atoms with Crippen molar-refractivity contribution in [3.05, 3.63) is 65.7 Å². The molecule has 0 aliphatic heterocycles. The second-order valence-corrected chi connectivity index (χ2v) is 6.03. The molecule has 24 heavy (non-hydrogen) atoms. The minimum Gasteiger partial charge on any atom is -0.497 e. The SMILES string of the molecule is COc1ccc(C(C)CC(=O)NCC(O)Cc2ccccc2)cc1.